The third kappa shape index (κ3) is 2.50. The maximum Gasteiger partial charge on any atom is 0.357 e. The zero-order valence-electron chi connectivity index (χ0n) is 9.59. The van der Waals surface area contributed by atoms with Crippen molar-refractivity contribution in [3.05, 3.63) is 54.4 Å². The normalized spacial score (nSPS) is 9.94. The first-order valence-electron chi connectivity index (χ1n) is 5.50. The molecule has 0 atom stereocenters. The lowest BCUT2D eigenvalue weighted by Crippen LogP contribution is -2.08. The van der Waals surface area contributed by atoms with E-state index in [1.807, 2.05) is 42.5 Å². The standard InChI is InChI=1S/C14H13NO2/c1-2-17-14(16)13-12(9-6-10-15-13)11-7-4-3-5-8-11/h3-10H,2H2,1H3. The molecule has 0 bridgehead atoms. The number of ether oxygens (including phenoxy) is 1. The fraction of sp³-hybridized carbons (Fsp3) is 0.143. The van der Waals surface area contributed by atoms with Gasteiger partial charge in [-0.15, -0.1) is 0 Å². The topological polar surface area (TPSA) is 39.2 Å². The van der Waals surface area contributed by atoms with Crippen LogP contribution in [0, 0.1) is 0 Å². The van der Waals surface area contributed by atoms with E-state index in [1.165, 1.54) is 0 Å². The third-order valence-corrected chi connectivity index (χ3v) is 2.36. The second-order valence-corrected chi connectivity index (χ2v) is 3.49. The average Bonchev–Trinajstić information content (AvgIpc) is 2.40. The smallest absolute Gasteiger partial charge is 0.357 e. The maximum absolute atomic E-state index is 11.8. The number of hydrogen-bond donors (Lipinski definition) is 0. The minimum absolute atomic E-state index is 0.351. The van der Waals surface area contributed by atoms with Gasteiger partial charge in [-0.25, -0.2) is 9.78 Å². The van der Waals surface area contributed by atoms with E-state index in [4.69, 9.17) is 4.74 Å². The Labute approximate surface area is 100 Å². The van der Waals surface area contributed by atoms with Crippen molar-refractivity contribution < 1.29 is 9.53 Å². The Balaban J connectivity index is 2.45. The van der Waals surface area contributed by atoms with Gasteiger partial charge in [0.25, 0.3) is 0 Å². The molecular weight excluding hydrogens is 214 g/mol. The highest BCUT2D eigenvalue weighted by molar-refractivity contribution is 5.95. The van der Waals surface area contributed by atoms with Crippen LogP contribution >= 0.6 is 0 Å². The second kappa shape index (κ2) is 5.25. The molecule has 0 amide bonds. The van der Waals surface area contributed by atoms with Crippen molar-refractivity contribution in [2.24, 2.45) is 0 Å². The molecule has 0 N–H and O–H groups in total. The molecule has 17 heavy (non-hydrogen) atoms. The summed E-state index contributed by atoms with van der Waals surface area (Å²) in [4.78, 5) is 15.9. The first-order chi connectivity index (χ1) is 8.33. The van der Waals surface area contributed by atoms with Crippen molar-refractivity contribution in [2.75, 3.05) is 6.61 Å². The van der Waals surface area contributed by atoms with Crippen LogP contribution in [0.25, 0.3) is 11.1 Å². The monoisotopic (exact) mass is 227 g/mol. The van der Waals surface area contributed by atoms with E-state index in [-0.39, 0.29) is 5.97 Å². The zero-order chi connectivity index (χ0) is 12.1. The number of carbonyl (C=O) groups excluding carboxylic acids is 1. The van der Waals surface area contributed by atoms with E-state index >= 15 is 0 Å². The van der Waals surface area contributed by atoms with Crippen molar-refractivity contribution >= 4 is 5.97 Å². The fourth-order valence-corrected chi connectivity index (χ4v) is 1.62. The summed E-state index contributed by atoms with van der Waals surface area (Å²) in [7, 11) is 0. The first kappa shape index (κ1) is 11.3. The molecule has 2 aromatic rings. The molecule has 0 unspecified atom stereocenters. The number of carbonyl (C=O) groups is 1. The lowest BCUT2D eigenvalue weighted by molar-refractivity contribution is 0.0520. The van der Waals surface area contributed by atoms with Crippen LogP contribution in [0.15, 0.2) is 48.7 Å². The van der Waals surface area contributed by atoms with Gasteiger partial charge in [0, 0.05) is 11.8 Å². The Kier molecular flexibility index (Phi) is 3.50. The van der Waals surface area contributed by atoms with E-state index in [2.05, 4.69) is 4.98 Å². The van der Waals surface area contributed by atoms with Crippen LogP contribution < -0.4 is 0 Å². The van der Waals surface area contributed by atoms with E-state index < -0.39 is 0 Å². The Bertz CT molecular complexity index is 509. The Morgan fingerprint density at radius 2 is 1.94 bits per heavy atom. The summed E-state index contributed by atoms with van der Waals surface area (Å²) in [5.41, 5.74) is 2.12. The number of benzene rings is 1. The Morgan fingerprint density at radius 3 is 2.65 bits per heavy atom. The van der Waals surface area contributed by atoms with E-state index in [1.54, 1.807) is 13.1 Å². The van der Waals surface area contributed by atoms with Gasteiger partial charge < -0.3 is 4.74 Å². The van der Waals surface area contributed by atoms with Crippen molar-refractivity contribution in [3.8, 4) is 11.1 Å². The molecule has 1 aromatic carbocycles. The first-order valence-corrected chi connectivity index (χ1v) is 5.50. The third-order valence-electron chi connectivity index (χ3n) is 2.36. The molecule has 1 aromatic heterocycles. The van der Waals surface area contributed by atoms with Crippen molar-refractivity contribution in [1.29, 1.82) is 0 Å². The molecule has 0 radical (unpaired) electrons. The molecule has 86 valence electrons. The van der Waals surface area contributed by atoms with Gasteiger partial charge >= 0.3 is 5.97 Å². The zero-order valence-corrected chi connectivity index (χ0v) is 9.59. The van der Waals surface area contributed by atoms with Gasteiger partial charge in [0.05, 0.1) is 6.61 Å². The number of rotatable bonds is 3. The minimum Gasteiger partial charge on any atom is -0.461 e. The molecule has 0 fully saturated rings. The van der Waals surface area contributed by atoms with Crippen LogP contribution in [-0.4, -0.2) is 17.6 Å². The molecule has 2 rings (SSSR count). The van der Waals surface area contributed by atoms with Crippen LogP contribution in [0.4, 0.5) is 0 Å². The summed E-state index contributed by atoms with van der Waals surface area (Å²) in [6.07, 6.45) is 1.60. The van der Waals surface area contributed by atoms with E-state index in [0.29, 0.717) is 12.3 Å². The van der Waals surface area contributed by atoms with Crippen molar-refractivity contribution in [3.63, 3.8) is 0 Å². The number of esters is 1. The summed E-state index contributed by atoms with van der Waals surface area (Å²) >= 11 is 0. The molecule has 0 aliphatic carbocycles. The lowest BCUT2D eigenvalue weighted by atomic mass is 10.0. The molecule has 1 heterocycles. The predicted octanol–water partition coefficient (Wildman–Crippen LogP) is 2.93. The predicted molar refractivity (Wildman–Crippen MR) is 65.6 cm³/mol. The van der Waals surface area contributed by atoms with Crippen LogP contribution in [-0.2, 0) is 4.74 Å². The molecule has 3 heteroatoms. The van der Waals surface area contributed by atoms with Gasteiger partial charge in [0.1, 0.15) is 0 Å². The molecular formula is C14H13NO2. The molecule has 0 aliphatic rings. The maximum atomic E-state index is 11.8. The van der Waals surface area contributed by atoms with Crippen LogP contribution in [0.1, 0.15) is 17.4 Å². The minimum atomic E-state index is -0.382. The number of hydrogen-bond acceptors (Lipinski definition) is 3. The SMILES string of the molecule is CCOC(=O)c1ncccc1-c1ccccc1. The van der Waals surface area contributed by atoms with Gasteiger partial charge in [0.15, 0.2) is 5.69 Å². The summed E-state index contributed by atoms with van der Waals surface area (Å²) in [6, 6.07) is 13.4. The van der Waals surface area contributed by atoms with Crippen molar-refractivity contribution in [1.82, 2.24) is 4.98 Å². The quantitative estimate of drug-likeness (QED) is 0.757. The summed E-state index contributed by atoms with van der Waals surface area (Å²) in [6.45, 7) is 2.13. The molecule has 0 aliphatic heterocycles. The van der Waals surface area contributed by atoms with Gasteiger partial charge in [-0.3, -0.25) is 0 Å². The summed E-state index contributed by atoms with van der Waals surface area (Å²) < 4.78 is 4.99. The molecule has 3 nitrogen and oxygen atoms in total. The highest BCUT2D eigenvalue weighted by Crippen LogP contribution is 2.22. The highest BCUT2D eigenvalue weighted by atomic mass is 16.5. The number of pyridine rings is 1. The number of nitrogens with zero attached hydrogens (tertiary/aromatic N) is 1. The lowest BCUT2D eigenvalue weighted by Gasteiger charge is -2.07. The number of aromatic nitrogens is 1. The van der Waals surface area contributed by atoms with Gasteiger partial charge in [-0.2, -0.15) is 0 Å². The van der Waals surface area contributed by atoms with Crippen LogP contribution in [0.5, 0.6) is 0 Å². The second-order valence-electron chi connectivity index (χ2n) is 3.49. The van der Waals surface area contributed by atoms with Crippen molar-refractivity contribution in [2.45, 2.75) is 6.92 Å². The fourth-order valence-electron chi connectivity index (χ4n) is 1.62. The summed E-state index contributed by atoms with van der Waals surface area (Å²) in [5, 5.41) is 0. The molecule has 0 spiro atoms. The average molecular weight is 227 g/mol. The van der Waals surface area contributed by atoms with E-state index in [0.717, 1.165) is 11.1 Å². The Hall–Kier alpha value is -2.16. The summed E-state index contributed by atoms with van der Waals surface area (Å²) in [5.74, 6) is -0.382. The van der Waals surface area contributed by atoms with Gasteiger partial charge in [0.2, 0.25) is 0 Å². The van der Waals surface area contributed by atoms with E-state index in [9.17, 15) is 4.79 Å². The van der Waals surface area contributed by atoms with Crippen LogP contribution in [0.2, 0.25) is 0 Å². The van der Waals surface area contributed by atoms with Crippen LogP contribution in [0.3, 0.4) is 0 Å². The molecule has 0 saturated heterocycles. The Morgan fingerprint density at radius 1 is 1.18 bits per heavy atom. The van der Waals surface area contributed by atoms with Gasteiger partial charge in [-0.1, -0.05) is 36.4 Å². The molecule has 0 saturated carbocycles. The highest BCUT2D eigenvalue weighted by Gasteiger charge is 2.14. The largest absolute Gasteiger partial charge is 0.461 e. The van der Waals surface area contributed by atoms with Gasteiger partial charge in [-0.05, 0) is 18.6 Å².